The molecular weight excluding hydrogens is 276 g/mol. The van der Waals surface area contributed by atoms with Crippen molar-refractivity contribution in [2.24, 2.45) is 5.73 Å². The van der Waals surface area contributed by atoms with Crippen LogP contribution in [0.3, 0.4) is 0 Å². The number of halogens is 1. The van der Waals surface area contributed by atoms with E-state index in [1.165, 1.54) is 5.56 Å². The van der Waals surface area contributed by atoms with Gasteiger partial charge in [-0.3, -0.25) is 0 Å². The lowest BCUT2D eigenvalue weighted by atomic mass is 10.1. The molecule has 4 heteroatoms. The lowest BCUT2D eigenvalue weighted by Crippen LogP contribution is -2.09. The Balaban J connectivity index is 2.31. The third-order valence-corrected chi connectivity index (χ3v) is 3.47. The van der Waals surface area contributed by atoms with Crippen LogP contribution in [0, 0.1) is 0 Å². The van der Waals surface area contributed by atoms with Gasteiger partial charge in [0, 0.05) is 11.3 Å². The first-order chi connectivity index (χ1) is 9.11. The van der Waals surface area contributed by atoms with E-state index in [4.69, 9.17) is 29.6 Å². The molecule has 0 atom stereocenters. The third-order valence-electron chi connectivity index (χ3n) is 2.92. The van der Waals surface area contributed by atoms with E-state index in [0.29, 0.717) is 10.0 Å². The number of rotatable bonds is 4. The number of para-hydroxylation sites is 1. The van der Waals surface area contributed by atoms with Crippen LogP contribution in [0.25, 0.3) is 0 Å². The summed E-state index contributed by atoms with van der Waals surface area (Å²) < 4.78 is 0. The number of hydrogen-bond acceptors (Lipinski definition) is 2. The van der Waals surface area contributed by atoms with Crippen molar-refractivity contribution in [2.45, 2.75) is 13.3 Å². The van der Waals surface area contributed by atoms with Crippen LogP contribution >= 0.6 is 23.8 Å². The van der Waals surface area contributed by atoms with E-state index in [-0.39, 0.29) is 0 Å². The molecule has 2 aromatic carbocycles. The Morgan fingerprint density at radius 3 is 2.58 bits per heavy atom. The molecule has 2 aromatic rings. The van der Waals surface area contributed by atoms with Gasteiger partial charge in [0.2, 0.25) is 0 Å². The topological polar surface area (TPSA) is 38.0 Å². The maximum atomic E-state index is 6.24. The minimum Gasteiger partial charge on any atom is -0.389 e. The SMILES string of the molecule is CCc1ccccc1Nc1ccc(C(N)=S)cc1Cl. The largest absolute Gasteiger partial charge is 0.389 e. The summed E-state index contributed by atoms with van der Waals surface area (Å²) in [4.78, 5) is 0.349. The molecule has 0 fully saturated rings. The maximum absolute atomic E-state index is 6.24. The van der Waals surface area contributed by atoms with Crippen LogP contribution in [0.1, 0.15) is 18.1 Å². The molecule has 0 aliphatic heterocycles. The molecule has 3 N–H and O–H groups in total. The molecule has 0 saturated heterocycles. The Kier molecular flexibility index (Phi) is 4.40. The molecular formula is C15H15ClN2S. The van der Waals surface area contributed by atoms with Crippen molar-refractivity contribution in [3.63, 3.8) is 0 Å². The summed E-state index contributed by atoms with van der Waals surface area (Å²) in [5, 5.41) is 3.95. The van der Waals surface area contributed by atoms with Crippen LogP contribution in [0.2, 0.25) is 5.02 Å². The molecule has 0 unspecified atom stereocenters. The van der Waals surface area contributed by atoms with Gasteiger partial charge >= 0.3 is 0 Å². The van der Waals surface area contributed by atoms with Crippen LogP contribution < -0.4 is 11.1 Å². The highest BCUT2D eigenvalue weighted by atomic mass is 35.5. The number of anilines is 2. The molecule has 0 heterocycles. The summed E-state index contributed by atoms with van der Waals surface area (Å²) in [6.45, 7) is 2.12. The van der Waals surface area contributed by atoms with Crippen molar-refractivity contribution in [3.8, 4) is 0 Å². The fourth-order valence-electron chi connectivity index (χ4n) is 1.87. The second kappa shape index (κ2) is 6.04. The van der Waals surface area contributed by atoms with Crippen molar-refractivity contribution >= 4 is 40.2 Å². The third kappa shape index (κ3) is 3.25. The molecule has 19 heavy (non-hydrogen) atoms. The highest BCUT2D eigenvalue weighted by Crippen LogP contribution is 2.28. The predicted molar refractivity (Wildman–Crippen MR) is 86.4 cm³/mol. The van der Waals surface area contributed by atoms with E-state index in [2.05, 4.69) is 18.3 Å². The van der Waals surface area contributed by atoms with Crippen molar-refractivity contribution in [2.75, 3.05) is 5.32 Å². The van der Waals surface area contributed by atoms with E-state index in [0.717, 1.165) is 23.4 Å². The average molecular weight is 291 g/mol. The quantitative estimate of drug-likeness (QED) is 0.826. The molecule has 0 aliphatic carbocycles. The van der Waals surface area contributed by atoms with Crippen LogP contribution in [-0.2, 0) is 6.42 Å². The fourth-order valence-corrected chi connectivity index (χ4v) is 2.22. The van der Waals surface area contributed by atoms with Gasteiger partial charge < -0.3 is 11.1 Å². The minimum absolute atomic E-state index is 0.349. The lowest BCUT2D eigenvalue weighted by Gasteiger charge is -2.13. The van der Waals surface area contributed by atoms with Gasteiger partial charge in [0.05, 0.1) is 10.7 Å². The zero-order valence-electron chi connectivity index (χ0n) is 10.6. The van der Waals surface area contributed by atoms with E-state index in [1.54, 1.807) is 6.07 Å². The van der Waals surface area contributed by atoms with E-state index < -0.39 is 0 Å². The minimum atomic E-state index is 0.349. The van der Waals surface area contributed by atoms with Gasteiger partial charge in [0.25, 0.3) is 0 Å². The van der Waals surface area contributed by atoms with Crippen molar-refractivity contribution in [1.82, 2.24) is 0 Å². The molecule has 0 saturated carbocycles. The lowest BCUT2D eigenvalue weighted by molar-refractivity contribution is 1.14. The first kappa shape index (κ1) is 13.8. The number of thiocarbonyl (C=S) groups is 1. The van der Waals surface area contributed by atoms with Crippen LogP contribution in [0.15, 0.2) is 42.5 Å². The number of nitrogens with one attached hydrogen (secondary N) is 1. The molecule has 0 amide bonds. The monoisotopic (exact) mass is 290 g/mol. The van der Waals surface area contributed by atoms with Gasteiger partial charge in [-0.25, -0.2) is 0 Å². The van der Waals surface area contributed by atoms with Crippen molar-refractivity contribution < 1.29 is 0 Å². The van der Waals surface area contributed by atoms with Crippen LogP contribution in [0.4, 0.5) is 11.4 Å². The standard InChI is InChI=1S/C15H15ClN2S/c1-2-10-5-3-4-6-13(10)18-14-8-7-11(15(17)19)9-12(14)16/h3-9,18H,2H2,1H3,(H2,17,19). The van der Waals surface area contributed by atoms with Gasteiger partial charge in [-0.1, -0.05) is 48.9 Å². The number of nitrogens with two attached hydrogens (primary N) is 1. The van der Waals surface area contributed by atoms with Crippen LogP contribution in [-0.4, -0.2) is 4.99 Å². The highest BCUT2D eigenvalue weighted by molar-refractivity contribution is 7.80. The Morgan fingerprint density at radius 2 is 1.95 bits per heavy atom. The van der Waals surface area contributed by atoms with E-state index >= 15 is 0 Å². The van der Waals surface area contributed by atoms with E-state index in [9.17, 15) is 0 Å². The summed E-state index contributed by atoms with van der Waals surface area (Å²) in [5.41, 5.74) is 9.52. The number of aryl methyl sites for hydroxylation is 1. The molecule has 0 aromatic heterocycles. The smallest absolute Gasteiger partial charge is 0.104 e. The fraction of sp³-hybridized carbons (Fsp3) is 0.133. The average Bonchev–Trinajstić information content (AvgIpc) is 2.41. The zero-order chi connectivity index (χ0) is 13.8. The molecule has 0 spiro atoms. The van der Waals surface area contributed by atoms with Crippen molar-refractivity contribution in [1.29, 1.82) is 0 Å². The second-order valence-corrected chi connectivity index (χ2v) is 5.04. The molecule has 0 bridgehead atoms. The summed E-state index contributed by atoms with van der Waals surface area (Å²) in [5.74, 6) is 0. The Bertz CT molecular complexity index is 611. The van der Waals surface area contributed by atoms with Crippen molar-refractivity contribution in [3.05, 3.63) is 58.6 Å². The molecule has 0 radical (unpaired) electrons. The van der Waals surface area contributed by atoms with Crippen LogP contribution in [0.5, 0.6) is 0 Å². The first-order valence-electron chi connectivity index (χ1n) is 6.06. The summed E-state index contributed by atoms with van der Waals surface area (Å²) in [6, 6.07) is 13.7. The molecule has 0 aliphatic rings. The maximum Gasteiger partial charge on any atom is 0.104 e. The summed E-state index contributed by atoms with van der Waals surface area (Å²) in [6.07, 6.45) is 0.964. The highest BCUT2D eigenvalue weighted by Gasteiger charge is 2.06. The predicted octanol–water partition coefficient (Wildman–Crippen LogP) is 4.28. The Labute approximate surface area is 123 Å². The molecule has 98 valence electrons. The van der Waals surface area contributed by atoms with Gasteiger partial charge in [0.1, 0.15) is 4.99 Å². The van der Waals surface area contributed by atoms with Gasteiger partial charge in [-0.2, -0.15) is 0 Å². The normalized spacial score (nSPS) is 10.2. The summed E-state index contributed by atoms with van der Waals surface area (Å²) >= 11 is 11.2. The Morgan fingerprint density at radius 1 is 1.21 bits per heavy atom. The van der Waals surface area contributed by atoms with Gasteiger partial charge in [0.15, 0.2) is 0 Å². The second-order valence-electron chi connectivity index (χ2n) is 4.19. The zero-order valence-corrected chi connectivity index (χ0v) is 12.2. The summed E-state index contributed by atoms with van der Waals surface area (Å²) in [7, 11) is 0. The molecule has 2 nitrogen and oxygen atoms in total. The van der Waals surface area contributed by atoms with E-state index in [1.807, 2.05) is 30.3 Å². The first-order valence-corrected chi connectivity index (χ1v) is 6.84. The molecule has 2 rings (SSSR count). The number of hydrogen-bond donors (Lipinski definition) is 2. The van der Waals surface area contributed by atoms with Gasteiger partial charge in [-0.15, -0.1) is 0 Å². The van der Waals surface area contributed by atoms with Gasteiger partial charge in [-0.05, 0) is 36.2 Å². The number of benzene rings is 2. The Hall–Kier alpha value is -1.58.